The Hall–Kier alpha value is -3.18. The molecule has 1 N–H and O–H groups in total. The van der Waals surface area contributed by atoms with Crippen LogP contribution in [0.3, 0.4) is 0 Å². The summed E-state index contributed by atoms with van der Waals surface area (Å²) in [5, 5.41) is 23.5. The van der Waals surface area contributed by atoms with E-state index in [0.29, 0.717) is 22.4 Å². The number of aryl methyl sites for hydroxylation is 1. The third kappa shape index (κ3) is 4.47. The molecule has 11 heteroatoms. The lowest BCUT2D eigenvalue weighted by atomic mass is 10.2. The number of benzene rings is 2. The van der Waals surface area contributed by atoms with E-state index in [2.05, 4.69) is 31.4 Å². The molecule has 4 aromatic rings. The summed E-state index contributed by atoms with van der Waals surface area (Å²) in [4.78, 5) is 22.8. The second-order valence-corrected chi connectivity index (χ2v) is 8.61. The van der Waals surface area contributed by atoms with Crippen LogP contribution in [0.4, 0.5) is 11.4 Å². The maximum atomic E-state index is 12.4. The van der Waals surface area contributed by atoms with Crippen molar-refractivity contribution >= 4 is 55.9 Å². The maximum Gasteiger partial charge on any atom is 0.271 e. The second kappa shape index (κ2) is 8.52. The fourth-order valence-corrected chi connectivity index (χ4v) is 4.04. The van der Waals surface area contributed by atoms with Crippen LogP contribution in [-0.4, -0.2) is 31.3 Å². The van der Waals surface area contributed by atoms with Crippen molar-refractivity contribution in [3.8, 4) is 11.6 Å². The molecule has 0 aliphatic heterocycles. The van der Waals surface area contributed by atoms with Gasteiger partial charge in [-0.05, 0) is 36.8 Å². The Bertz CT molecular complexity index is 1320. The minimum Gasteiger partial charge on any atom is -0.453 e. The Kier molecular flexibility index (Phi) is 5.79. The van der Waals surface area contributed by atoms with E-state index in [-0.39, 0.29) is 17.3 Å². The minimum atomic E-state index is -0.498. The van der Waals surface area contributed by atoms with Gasteiger partial charge in [0.2, 0.25) is 5.91 Å². The Morgan fingerprint density at radius 1 is 1.26 bits per heavy atom. The van der Waals surface area contributed by atoms with Crippen molar-refractivity contribution in [3.05, 3.63) is 62.6 Å². The summed E-state index contributed by atoms with van der Waals surface area (Å²) >= 11 is 4.65. The molecule has 0 atom stereocenters. The number of aromatic nitrogens is 3. The molecule has 0 fully saturated rings. The van der Waals surface area contributed by atoms with Gasteiger partial charge in [-0.3, -0.25) is 14.9 Å². The van der Waals surface area contributed by atoms with Crippen molar-refractivity contribution in [3.63, 3.8) is 0 Å². The Labute approximate surface area is 189 Å². The first-order valence-corrected chi connectivity index (χ1v) is 10.9. The molecule has 2 aromatic carbocycles. The van der Waals surface area contributed by atoms with E-state index in [1.165, 1.54) is 23.9 Å². The van der Waals surface area contributed by atoms with Crippen molar-refractivity contribution in [2.75, 3.05) is 11.1 Å². The van der Waals surface area contributed by atoms with Crippen LogP contribution in [0.5, 0.6) is 0 Å². The largest absolute Gasteiger partial charge is 0.453 e. The number of non-ortho nitro benzene ring substituents is 1. The highest BCUT2D eigenvalue weighted by Crippen LogP contribution is 2.30. The average Bonchev–Trinajstić information content (AvgIpc) is 3.30. The third-order valence-electron chi connectivity index (χ3n) is 4.57. The van der Waals surface area contributed by atoms with Crippen molar-refractivity contribution < 1.29 is 14.1 Å². The van der Waals surface area contributed by atoms with Crippen molar-refractivity contribution in [1.82, 2.24) is 14.8 Å². The number of fused-ring (bicyclic) bond motifs is 1. The van der Waals surface area contributed by atoms with E-state index in [0.717, 1.165) is 21.0 Å². The lowest BCUT2D eigenvalue weighted by molar-refractivity contribution is -0.384. The molecule has 2 aromatic heterocycles. The molecule has 0 saturated heterocycles. The minimum absolute atomic E-state index is 0.0706. The number of nitro benzene ring substituents is 1. The summed E-state index contributed by atoms with van der Waals surface area (Å²) in [5.41, 5.74) is 1.81. The van der Waals surface area contributed by atoms with E-state index in [1.807, 2.05) is 24.3 Å². The Balaban J connectivity index is 1.46. The summed E-state index contributed by atoms with van der Waals surface area (Å²) in [6.07, 6.45) is 0. The summed E-state index contributed by atoms with van der Waals surface area (Å²) in [7, 11) is 1.80. The van der Waals surface area contributed by atoms with E-state index < -0.39 is 4.92 Å². The van der Waals surface area contributed by atoms with E-state index in [4.69, 9.17) is 4.42 Å². The number of nitrogens with zero attached hydrogens (tertiary/aromatic N) is 4. The molecular weight excluding hydrogens is 486 g/mol. The fraction of sp³-hybridized carbons (Fsp3) is 0.150. The van der Waals surface area contributed by atoms with Gasteiger partial charge >= 0.3 is 0 Å². The van der Waals surface area contributed by atoms with Crippen molar-refractivity contribution in [1.29, 1.82) is 0 Å². The average molecular weight is 502 g/mol. The quantitative estimate of drug-likeness (QED) is 0.226. The standard InChI is InChI=1S/C20H16BrN5O4S/c1-11-3-5-14(26(28)29)9-15(11)22-18(27)10-31-20-24-23-19(25(20)2)17-8-12-7-13(21)4-6-16(12)30-17/h3-9H,10H2,1-2H3,(H,22,27). The molecule has 0 aliphatic carbocycles. The summed E-state index contributed by atoms with van der Waals surface area (Å²) in [6.45, 7) is 1.77. The highest BCUT2D eigenvalue weighted by Gasteiger charge is 2.17. The van der Waals surface area contributed by atoms with Gasteiger partial charge in [0.25, 0.3) is 5.69 Å². The van der Waals surface area contributed by atoms with Gasteiger partial charge in [-0.25, -0.2) is 0 Å². The molecule has 9 nitrogen and oxygen atoms in total. The highest BCUT2D eigenvalue weighted by molar-refractivity contribution is 9.10. The molecule has 31 heavy (non-hydrogen) atoms. The predicted molar refractivity (Wildman–Crippen MR) is 121 cm³/mol. The Morgan fingerprint density at radius 2 is 2.06 bits per heavy atom. The third-order valence-corrected chi connectivity index (χ3v) is 6.09. The van der Waals surface area contributed by atoms with Crippen LogP contribution >= 0.6 is 27.7 Å². The molecule has 0 unspecified atom stereocenters. The van der Waals surface area contributed by atoms with E-state index in [1.54, 1.807) is 24.6 Å². The number of nitro groups is 1. The van der Waals surface area contributed by atoms with Crippen molar-refractivity contribution in [2.24, 2.45) is 7.05 Å². The van der Waals surface area contributed by atoms with Crippen LogP contribution in [0.25, 0.3) is 22.6 Å². The van der Waals surface area contributed by atoms with E-state index >= 15 is 0 Å². The number of amides is 1. The predicted octanol–water partition coefficient (Wildman–Crippen LogP) is 4.94. The number of anilines is 1. The monoisotopic (exact) mass is 501 g/mol. The summed E-state index contributed by atoms with van der Waals surface area (Å²) in [5.74, 6) is 0.893. The van der Waals surface area contributed by atoms with Crippen LogP contribution in [0.15, 0.2) is 56.5 Å². The zero-order valence-electron chi connectivity index (χ0n) is 16.5. The van der Waals surface area contributed by atoms with Gasteiger partial charge in [0.05, 0.1) is 16.4 Å². The molecule has 0 radical (unpaired) electrons. The molecule has 1 amide bonds. The van der Waals surface area contributed by atoms with Crippen LogP contribution in [-0.2, 0) is 11.8 Å². The van der Waals surface area contributed by atoms with Gasteiger partial charge in [0.15, 0.2) is 16.7 Å². The number of halogens is 1. The smallest absolute Gasteiger partial charge is 0.271 e. The number of thioether (sulfide) groups is 1. The van der Waals surface area contributed by atoms with Crippen LogP contribution < -0.4 is 5.32 Å². The zero-order valence-corrected chi connectivity index (χ0v) is 18.9. The van der Waals surface area contributed by atoms with Gasteiger partial charge in [-0.15, -0.1) is 10.2 Å². The second-order valence-electron chi connectivity index (χ2n) is 6.75. The number of hydrogen-bond acceptors (Lipinski definition) is 7. The van der Waals surface area contributed by atoms with Gasteiger partial charge in [-0.2, -0.15) is 0 Å². The molecule has 0 bridgehead atoms. The molecule has 2 heterocycles. The first kappa shape index (κ1) is 21.1. The molecule has 0 spiro atoms. The number of rotatable bonds is 6. The maximum absolute atomic E-state index is 12.4. The number of hydrogen-bond donors (Lipinski definition) is 1. The van der Waals surface area contributed by atoms with Crippen LogP contribution in [0.2, 0.25) is 0 Å². The number of furan rings is 1. The fourth-order valence-electron chi connectivity index (χ4n) is 2.95. The molecule has 4 rings (SSSR count). The lowest BCUT2D eigenvalue weighted by Crippen LogP contribution is -2.15. The number of nitrogens with one attached hydrogen (secondary N) is 1. The van der Waals surface area contributed by atoms with Crippen LogP contribution in [0.1, 0.15) is 5.56 Å². The number of carbonyl (C=O) groups excluding carboxylic acids is 1. The normalized spacial score (nSPS) is 11.1. The van der Waals surface area contributed by atoms with Gasteiger partial charge < -0.3 is 14.3 Å². The Morgan fingerprint density at radius 3 is 2.84 bits per heavy atom. The number of carbonyl (C=O) groups is 1. The first-order valence-electron chi connectivity index (χ1n) is 9.08. The molecule has 0 saturated carbocycles. The summed E-state index contributed by atoms with van der Waals surface area (Å²) in [6, 6.07) is 12.0. The molecule has 0 aliphatic rings. The lowest BCUT2D eigenvalue weighted by Gasteiger charge is -2.08. The van der Waals surface area contributed by atoms with Crippen molar-refractivity contribution in [2.45, 2.75) is 12.1 Å². The topological polar surface area (TPSA) is 116 Å². The SMILES string of the molecule is Cc1ccc([N+](=O)[O-])cc1NC(=O)CSc1nnc(-c2cc3cc(Br)ccc3o2)n1C. The molecular formula is C20H16BrN5O4S. The molecule has 158 valence electrons. The van der Waals surface area contributed by atoms with Gasteiger partial charge in [0, 0.05) is 29.0 Å². The van der Waals surface area contributed by atoms with Gasteiger partial charge in [-0.1, -0.05) is 33.8 Å². The highest BCUT2D eigenvalue weighted by atomic mass is 79.9. The van der Waals surface area contributed by atoms with Crippen LogP contribution in [0, 0.1) is 17.0 Å². The van der Waals surface area contributed by atoms with Gasteiger partial charge in [0.1, 0.15) is 5.58 Å². The zero-order chi connectivity index (χ0) is 22.1. The first-order chi connectivity index (χ1) is 14.8. The van der Waals surface area contributed by atoms with E-state index in [9.17, 15) is 14.9 Å². The summed E-state index contributed by atoms with van der Waals surface area (Å²) < 4.78 is 8.57.